The first kappa shape index (κ1) is 25.5. The van der Waals surface area contributed by atoms with Crippen LogP contribution in [0.5, 0.6) is 5.75 Å². The lowest BCUT2D eigenvalue weighted by Crippen LogP contribution is -2.31. The largest absolute Gasteiger partial charge is 0.507 e. The summed E-state index contributed by atoms with van der Waals surface area (Å²) in [6.45, 7) is 9.55. The fourth-order valence-corrected chi connectivity index (χ4v) is 4.14. The quantitative estimate of drug-likeness (QED) is 0.230. The number of nitrogens with zero attached hydrogens (tertiary/aromatic N) is 1. The van der Waals surface area contributed by atoms with Gasteiger partial charge >= 0.3 is 0 Å². The van der Waals surface area contributed by atoms with Crippen molar-refractivity contribution in [1.29, 1.82) is 0 Å². The molecule has 1 saturated heterocycles. The number of methoxy groups -OCH3 is 1. The SMILES string of the molecule is CCc1ccc([C@@H]2/C(=C(\O)c3ccc(OCC(C)C)c(C)c3)C(=O)C(=O)N2CCCOC)cc1. The highest BCUT2D eigenvalue weighted by atomic mass is 16.5. The van der Waals surface area contributed by atoms with E-state index >= 15 is 0 Å². The van der Waals surface area contributed by atoms with Gasteiger partial charge in [0.05, 0.1) is 18.2 Å². The Hall–Kier alpha value is -3.12. The molecule has 34 heavy (non-hydrogen) atoms. The van der Waals surface area contributed by atoms with Crippen molar-refractivity contribution < 1.29 is 24.2 Å². The molecule has 6 nitrogen and oxygen atoms in total. The van der Waals surface area contributed by atoms with Crippen molar-refractivity contribution >= 4 is 17.4 Å². The Morgan fingerprint density at radius 3 is 2.41 bits per heavy atom. The molecule has 1 fully saturated rings. The van der Waals surface area contributed by atoms with E-state index in [0.29, 0.717) is 37.7 Å². The van der Waals surface area contributed by atoms with Gasteiger partial charge in [-0.2, -0.15) is 0 Å². The number of carbonyl (C=O) groups excluding carboxylic acids is 2. The monoisotopic (exact) mass is 465 g/mol. The van der Waals surface area contributed by atoms with Gasteiger partial charge in [-0.3, -0.25) is 9.59 Å². The number of carbonyl (C=O) groups is 2. The van der Waals surface area contributed by atoms with Crippen LogP contribution in [0, 0.1) is 12.8 Å². The molecule has 0 aromatic heterocycles. The van der Waals surface area contributed by atoms with Crippen molar-refractivity contribution in [2.24, 2.45) is 5.92 Å². The van der Waals surface area contributed by atoms with Gasteiger partial charge < -0.3 is 19.5 Å². The molecule has 2 aromatic carbocycles. The fraction of sp³-hybridized carbons (Fsp3) is 0.429. The molecule has 0 spiro atoms. The average Bonchev–Trinajstić information content (AvgIpc) is 3.08. The normalized spacial score (nSPS) is 17.6. The minimum Gasteiger partial charge on any atom is -0.507 e. The molecule has 0 bridgehead atoms. The topological polar surface area (TPSA) is 76.1 Å². The summed E-state index contributed by atoms with van der Waals surface area (Å²) in [5.41, 5.74) is 3.40. The molecule has 6 heteroatoms. The zero-order chi connectivity index (χ0) is 24.8. The van der Waals surface area contributed by atoms with Crippen molar-refractivity contribution in [3.8, 4) is 5.75 Å². The van der Waals surface area contributed by atoms with Gasteiger partial charge in [-0.1, -0.05) is 45.0 Å². The first-order chi connectivity index (χ1) is 16.3. The Morgan fingerprint density at radius 2 is 1.82 bits per heavy atom. The summed E-state index contributed by atoms with van der Waals surface area (Å²) in [7, 11) is 1.60. The number of Topliss-reactive ketones (excluding diaryl/α,β-unsaturated/α-hetero) is 1. The van der Waals surface area contributed by atoms with E-state index in [1.54, 1.807) is 30.2 Å². The molecule has 2 aromatic rings. The van der Waals surface area contributed by atoms with Crippen molar-refractivity contribution in [3.63, 3.8) is 0 Å². The highest BCUT2D eigenvalue weighted by Crippen LogP contribution is 2.40. The Balaban J connectivity index is 2.05. The third kappa shape index (κ3) is 5.50. The third-order valence-corrected chi connectivity index (χ3v) is 6.01. The first-order valence-corrected chi connectivity index (χ1v) is 11.9. The Kier molecular flexibility index (Phi) is 8.51. The van der Waals surface area contributed by atoms with Crippen LogP contribution in [0.1, 0.15) is 55.5 Å². The van der Waals surface area contributed by atoms with Gasteiger partial charge in [0.15, 0.2) is 0 Å². The number of aliphatic hydroxyl groups is 1. The summed E-state index contributed by atoms with van der Waals surface area (Å²) >= 11 is 0. The number of ketones is 1. The number of hydrogen-bond donors (Lipinski definition) is 1. The van der Waals surface area contributed by atoms with Crippen LogP contribution < -0.4 is 4.74 Å². The number of amides is 1. The van der Waals surface area contributed by atoms with Gasteiger partial charge in [-0.15, -0.1) is 0 Å². The van der Waals surface area contributed by atoms with Crippen LogP contribution in [0.3, 0.4) is 0 Å². The third-order valence-electron chi connectivity index (χ3n) is 6.01. The Morgan fingerprint density at radius 1 is 1.12 bits per heavy atom. The number of benzene rings is 2. The number of likely N-dealkylation sites (tertiary alicyclic amines) is 1. The van der Waals surface area contributed by atoms with Crippen LogP contribution in [0.4, 0.5) is 0 Å². The van der Waals surface area contributed by atoms with Gasteiger partial charge in [0.1, 0.15) is 11.5 Å². The molecule has 1 aliphatic rings. The van der Waals surface area contributed by atoms with Gasteiger partial charge in [-0.05, 0) is 60.6 Å². The summed E-state index contributed by atoms with van der Waals surface area (Å²) in [4.78, 5) is 27.7. The van der Waals surface area contributed by atoms with E-state index in [9.17, 15) is 14.7 Å². The Bertz CT molecular complexity index is 1050. The maximum atomic E-state index is 13.1. The number of aryl methyl sites for hydroxylation is 2. The lowest BCUT2D eigenvalue weighted by molar-refractivity contribution is -0.140. The molecule has 1 heterocycles. The second-order valence-corrected chi connectivity index (χ2v) is 9.12. The molecular formula is C28H35NO5. The highest BCUT2D eigenvalue weighted by molar-refractivity contribution is 6.46. The molecular weight excluding hydrogens is 430 g/mol. The van der Waals surface area contributed by atoms with Gasteiger partial charge in [-0.25, -0.2) is 0 Å². The van der Waals surface area contributed by atoms with Crippen molar-refractivity contribution in [1.82, 2.24) is 4.90 Å². The van der Waals surface area contributed by atoms with Crippen LogP contribution >= 0.6 is 0 Å². The number of rotatable bonds is 10. The standard InChI is InChI=1S/C28H35NO5/c1-6-20-8-10-21(11-9-20)25-24(27(31)28(32)29(25)14-7-15-33-5)26(30)22-12-13-23(19(4)16-22)34-17-18(2)3/h8-13,16,18,25,30H,6-7,14-15,17H2,1-5H3/b26-24+/t25-/m1/s1. The second kappa shape index (κ2) is 11.3. The molecule has 0 saturated carbocycles. The maximum absolute atomic E-state index is 13.1. The van der Waals surface area contributed by atoms with Crippen LogP contribution in [0.15, 0.2) is 48.0 Å². The maximum Gasteiger partial charge on any atom is 0.295 e. The zero-order valence-electron chi connectivity index (χ0n) is 20.8. The van der Waals surface area contributed by atoms with Crippen molar-refractivity contribution in [3.05, 3.63) is 70.3 Å². The van der Waals surface area contributed by atoms with E-state index in [2.05, 4.69) is 20.8 Å². The molecule has 0 radical (unpaired) electrons. The van der Waals surface area contributed by atoms with Crippen LogP contribution in [-0.4, -0.2) is 48.6 Å². The van der Waals surface area contributed by atoms with E-state index in [4.69, 9.17) is 9.47 Å². The fourth-order valence-electron chi connectivity index (χ4n) is 4.14. The van der Waals surface area contributed by atoms with Crippen LogP contribution in [0.2, 0.25) is 0 Å². The lowest BCUT2D eigenvalue weighted by Gasteiger charge is -2.25. The van der Waals surface area contributed by atoms with Crippen LogP contribution in [0.25, 0.3) is 5.76 Å². The van der Waals surface area contributed by atoms with E-state index in [1.165, 1.54) is 0 Å². The van der Waals surface area contributed by atoms with Gasteiger partial charge in [0, 0.05) is 25.8 Å². The summed E-state index contributed by atoms with van der Waals surface area (Å²) in [5, 5.41) is 11.3. The first-order valence-electron chi connectivity index (χ1n) is 11.9. The smallest absolute Gasteiger partial charge is 0.295 e. The van der Waals surface area contributed by atoms with Crippen molar-refractivity contribution in [2.45, 2.75) is 46.6 Å². The molecule has 182 valence electrons. The van der Waals surface area contributed by atoms with E-state index in [1.807, 2.05) is 31.2 Å². The molecule has 1 atom stereocenters. The summed E-state index contributed by atoms with van der Waals surface area (Å²) in [5.74, 6) is -0.318. The van der Waals surface area contributed by atoms with Crippen molar-refractivity contribution in [2.75, 3.05) is 26.9 Å². The molecule has 1 amide bonds. The average molecular weight is 466 g/mol. The summed E-state index contributed by atoms with van der Waals surface area (Å²) in [6.07, 6.45) is 1.48. The highest BCUT2D eigenvalue weighted by Gasteiger charge is 2.45. The number of hydrogen-bond acceptors (Lipinski definition) is 5. The van der Waals surface area contributed by atoms with E-state index < -0.39 is 17.7 Å². The van der Waals surface area contributed by atoms with Crippen LogP contribution in [-0.2, 0) is 20.7 Å². The van der Waals surface area contributed by atoms with E-state index in [0.717, 1.165) is 28.9 Å². The molecule has 1 N–H and O–H groups in total. The zero-order valence-corrected chi connectivity index (χ0v) is 20.8. The van der Waals surface area contributed by atoms with Gasteiger partial charge in [0.2, 0.25) is 0 Å². The minimum atomic E-state index is -0.669. The lowest BCUT2D eigenvalue weighted by atomic mass is 9.94. The molecule has 0 aliphatic carbocycles. The predicted octanol–water partition coefficient (Wildman–Crippen LogP) is 5.05. The number of aliphatic hydroxyl groups excluding tert-OH is 1. The Labute approximate surface area is 202 Å². The predicted molar refractivity (Wildman–Crippen MR) is 133 cm³/mol. The molecule has 3 rings (SSSR count). The summed E-state index contributed by atoms with van der Waals surface area (Å²) < 4.78 is 11.0. The molecule has 1 aliphatic heterocycles. The number of ether oxygens (including phenoxy) is 2. The molecule has 0 unspecified atom stereocenters. The summed E-state index contributed by atoms with van der Waals surface area (Å²) in [6, 6.07) is 12.5. The second-order valence-electron chi connectivity index (χ2n) is 9.12. The van der Waals surface area contributed by atoms with E-state index in [-0.39, 0.29) is 11.3 Å². The minimum absolute atomic E-state index is 0.113. The van der Waals surface area contributed by atoms with Gasteiger partial charge in [0.25, 0.3) is 11.7 Å².